The van der Waals surface area contributed by atoms with Crippen LogP contribution in [0.2, 0.25) is 0 Å². The second-order valence-electron chi connectivity index (χ2n) is 7.04. The van der Waals surface area contributed by atoms with Gasteiger partial charge in [-0.15, -0.1) is 0 Å². The van der Waals surface area contributed by atoms with E-state index in [4.69, 9.17) is 0 Å². The van der Waals surface area contributed by atoms with Gasteiger partial charge in [0, 0.05) is 17.7 Å². The summed E-state index contributed by atoms with van der Waals surface area (Å²) in [5, 5.41) is 23.2. The van der Waals surface area contributed by atoms with Crippen LogP contribution in [0.1, 0.15) is 51.4 Å². The smallest absolute Gasteiger partial charge is 0.337 e. The van der Waals surface area contributed by atoms with Gasteiger partial charge in [-0.05, 0) is 31.7 Å². The third kappa shape index (κ3) is 5.06. The number of carboxylic acids is 1. The van der Waals surface area contributed by atoms with Crippen LogP contribution in [0.3, 0.4) is 0 Å². The minimum atomic E-state index is -1.11. The van der Waals surface area contributed by atoms with Crippen molar-refractivity contribution in [2.45, 2.75) is 46.6 Å². The zero-order valence-electron chi connectivity index (χ0n) is 13.1. The van der Waals surface area contributed by atoms with Crippen molar-refractivity contribution in [3.63, 3.8) is 0 Å². The Morgan fingerprint density at radius 1 is 1.29 bits per heavy atom. The van der Waals surface area contributed by atoms with Crippen LogP contribution in [-0.2, 0) is 0 Å². The molecule has 0 amide bonds. The lowest BCUT2D eigenvalue weighted by Crippen LogP contribution is -2.36. The molecule has 21 heavy (non-hydrogen) atoms. The summed E-state index contributed by atoms with van der Waals surface area (Å²) in [4.78, 5) is 21.6. The van der Waals surface area contributed by atoms with Gasteiger partial charge in [0.05, 0.1) is 16.2 Å². The molecule has 0 spiro atoms. The third-order valence-electron chi connectivity index (χ3n) is 2.89. The monoisotopic (exact) mass is 294 g/mol. The van der Waals surface area contributed by atoms with E-state index in [0.29, 0.717) is 0 Å². The van der Waals surface area contributed by atoms with E-state index in [0.717, 1.165) is 6.42 Å². The number of carbonyl (C=O) groups is 1. The molecular formula is C15H22N2O4. The minimum absolute atomic E-state index is 0.0302. The molecule has 0 heterocycles. The maximum Gasteiger partial charge on any atom is 0.337 e. The highest BCUT2D eigenvalue weighted by Gasteiger charge is 2.27. The molecule has 6 heteroatoms. The summed E-state index contributed by atoms with van der Waals surface area (Å²) >= 11 is 0. The van der Waals surface area contributed by atoms with Gasteiger partial charge < -0.3 is 10.4 Å². The Balaban J connectivity index is 3.18. The lowest BCUT2D eigenvalue weighted by molar-refractivity contribution is -0.384. The van der Waals surface area contributed by atoms with Crippen molar-refractivity contribution in [1.82, 2.24) is 0 Å². The topological polar surface area (TPSA) is 92.5 Å². The molecule has 0 aliphatic heterocycles. The average Bonchev–Trinajstić information content (AvgIpc) is 2.23. The SMILES string of the molecule is CC(C)(C)CC(C)(C)Nc1cc([N+](=O)[O-])ccc1C(=O)O. The fourth-order valence-corrected chi connectivity index (χ4v) is 2.67. The highest BCUT2D eigenvalue weighted by Crippen LogP contribution is 2.32. The van der Waals surface area contributed by atoms with E-state index < -0.39 is 16.4 Å². The van der Waals surface area contributed by atoms with Crippen LogP contribution < -0.4 is 5.32 Å². The molecule has 6 nitrogen and oxygen atoms in total. The molecule has 1 aromatic rings. The van der Waals surface area contributed by atoms with Crippen molar-refractivity contribution in [3.8, 4) is 0 Å². The maximum absolute atomic E-state index is 11.3. The first-order valence-corrected chi connectivity index (χ1v) is 6.71. The second-order valence-corrected chi connectivity index (χ2v) is 7.04. The Labute approximate surface area is 124 Å². The lowest BCUT2D eigenvalue weighted by Gasteiger charge is -2.34. The summed E-state index contributed by atoms with van der Waals surface area (Å²) < 4.78 is 0. The molecule has 1 aromatic carbocycles. The van der Waals surface area contributed by atoms with Crippen LogP contribution in [0, 0.1) is 15.5 Å². The second kappa shape index (κ2) is 5.71. The number of nitrogens with zero attached hydrogens (tertiary/aromatic N) is 1. The molecule has 0 aliphatic rings. The van der Waals surface area contributed by atoms with E-state index in [1.54, 1.807) is 0 Å². The number of hydrogen-bond donors (Lipinski definition) is 2. The average molecular weight is 294 g/mol. The fraction of sp³-hybridized carbons (Fsp3) is 0.533. The van der Waals surface area contributed by atoms with Crippen molar-refractivity contribution in [2.75, 3.05) is 5.32 Å². The number of non-ortho nitro benzene ring substituents is 1. The molecule has 0 aromatic heterocycles. The molecule has 116 valence electrons. The Morgan fingerprint density at radius 2 is 1.86 bits per heavy atom. The van der Waals surface area contributed by atoms with Crippen LogP contribution in [0.25, 0.3) is 0 Å². The van der Waals surface area contributed by atoms with Gasteiger partial charge in [0.2, 0.25) is 0 Å². The van der Waals surface area contributed by atoms with Gasteiger partial charge in [-0.1, -0.05) is 20.8 Å². The first-order valence-electron chi connectivity index (χ1n) is 6.71. The maximum atomic E-state index is 11.3. The van der Waals surface area contributed by atoms with Crippen molar-refractivity contribution < 1.29 is 14.8 Å². The van der Waals surface area contributed by atoms with Crippen LogP contribution >= 0.6 is 0 Å². The number of nitro benzene ring substituents is 1. The lowest BCUT2D eigenvalue weighted by atomic mass is 9.81. The van der Waals surface area contributed by atoms with E-state index in [1.807, 2.05) is 13.8 Å². The van der Waals surface area contributed by atoms with E-state index >= 15 is 0 Å². The Kier molecular flexibility index (Phi) is 4.61. The number of nitro groups is 1. The fourth-order valence-electron chi connectivity index (χ4n) is 2.67. The predicted molar refractivity (Wildman–Crippen MR) is 81.8 cm³/mol. The number of anilines is 1. The highest BCUT2D eigenvalue weighted by atomic mass is 16.6. The van der Waals surface area contributed by atoms with Gasteiger partial charge in [0.25, 0.3) is 5.69 Å². The number of nitrogens with one attached hydrogen (secondary N) is 1. The third-order valence-corrected chi connectivity index (χ3v) is 2.89. The number of hydrogen-bond acceptors (Lipinski definition) is 4. The highest BCUT2D eigenvalue weighted by molar-refractivity contribution is 5.95. The van der Waals surface area contributed by atoms with Crippen molar-refractivity contribution in [1.29, 1.82) is 0 Å². The summed E-state index contributed by atoms with van der Waals surface area (Å²) in [6.07, 6.45) is 0.780. The molecule has 0 atom stereocenters. The van der Waals surface area contributed by atoms with E-state index in [9.17, 15) is 20.0 Å². The summed E-state index contributed by atoms with van der Waals surface area (Å²) in [6, 6.07) is 3.73. The summed E-state index contributed by atoms with van der Waals surface area (Å²) in [5.74, 6) is -1.11. The van der Waals surface area contributed by atoms with Crippen LogP contribution in [0.15, 0.2) is 18.2 Å². The molecule has 0 radical (unpaired) electrons. The zero-order valence-corrected chi connectivity index (χ0v) is 13.1. The first-order chi connectivity index (χ1) is 9.41. The van der Waals surface area contributed by atoms with Gasteiger partial charge in [-0.3, -0.25) is 10.1 Å². The Hall–Kier alpha value is -2.11. The molecule has 2 N–H and O–H groups in total. The quantitative estimate of drug-likeness (QED) is 0.634. The predicted octanol–water partition coefficient (Wildman–Crippen LogP) is 3.92. The summed E-state index contributed by atoms with van der Waals surface area (Å²) in [6.45, 7) is 10.2. The van der Waals surface area contributed by atoms with Crippen LogP contribution in [0.4, 0.5) is 11.4 Å². The molecule has 1 rings (SSSR count). The van der Waals surface area contributed by atoms with Crippen LogP contribution in [0.5, 0.6) is 0 Å². The number of carboxylic acid groups (broad SMARTS) is 1. The number of benzene rings is 1. The van der Waals surface area contributed by atoms with Gasteiger partial charge in [-0.25, -0.2) is 4.79 Å². The minimum Gasteiger partial charge on any atom is -0.478 e. The summed E-state index contributed by atoms with van der Waals surface area (Å²) in [7, 11) is 0. The molecule has 0 unspecified atom stereocenters. The van der Waals surface area contributed by atoms with Gasteiger partial charge in [0.1, 0.15) is 0 Å². The molecule has 0 saturated heterocycles. The van der Waals surface area contributed by atoms with Gasteiger partial charge in [0.15, 0.2) is 0 Å². The number of rotatable bonds is 5. The van der Waals surface area contributed by atoms with Gasteiger partial charge >= 0.3 is 5.97 Å². The number of aromatic carboxylic acids is 1. The van der Waals surface area contributed by atoms with Crippen molar-refractivity contribution in [2.24, 2.45) is 5.41 Å². The molecule has 0 saturated carbocycles. The molecule has 0 aliphatic carbocycles. The van der Waals surface area contributed by atoms with E-state index in [-0.39, 0.29) is 22.4 Å². The molecule has 0 fully saturated rings. The normalized spacial score (nSPS) is 12.0. The van der Waals surface area contributed by atoms with Gasteiger partial charge in [-0.2, -0.15) is 0 Å². The van der Waals surface area contributed by atoms with E-state index in [1.165, 1.54) is 18.2 Å². The zero-order chi connectivity index (χ0) is 16.4. The van der Waals surface area contributed by atoms with E-state index in [2.05, 4.69) is 26.1 Å². The Morgan fingerprint density at radius 3 is 2.29 bits per heavy atom. The summed E-state index contributed by atoms with van der Waals surface area (Å²) in [5.41, 5.74) is -0.180. The Bertz CT molecular complexity index is 559. The first kappa shape index (κ1) is 16.9. The van der Waals surface area contributed by atoms with Crippen LogP contribution in [-0.4, -0.2) is 21.5 Å². The van der Waals surface area contributed by atoms with Crippen molar-refractivity contribution >= 4 is 17.3 Å². The van der Waals surface area contributed by atoms with Crippen molar-refractivity contribution in [3.05, 3.63) is 33.9 Å². The largest absolute Gasteiger partial charge is 0.478 e. The standard InChI is InChI=1S/C15H22N2O4/c1-14(2,3)9-15(4,5)16-12-8-10(17(20)21)6-7-11(12)13(18)19/h6-8,16H,9H2,1-5H3,(H,18,19). The molecule has 0 bridgehead atoms. The molecular weight excluding hydrogens is 272 g/mol.